The first kappa shape index (κ1) is 26.9. The maximum absolute atomic E-state index is 13.5. The van der Waals surface area contributed by atoms with Crippen molar-refractivity contribution in [3.05, 3.63) is 29.3 Å². The highest BCUT2D eigenvalue weighted by Crippen LogP contribution is 2.49. The van der Waals surface area contributed by atoms with E-state index in [1.165, 1.54) is 18.2 Å². The molecule has 3 saturated heterocycles. The van der Waals surface area contributed by atoms with Crippen molar-refractivity contribution in [2.75, 3.05) is 31.1 Å². The Labute approximate surface area is 202 Å². The van der Waals surface area contributed by atoms with Crippen LogP contribution in [0.3, 0.4) is 0 Å². The summed E-state index contributed by atoms with van der Waals surface area (Å²) in [6, 6.07) is 0.468. The van der Waals surface area contributed by atoms with Crippen LogP contribution in [0.1, 0.15) is 36.8 Å². The van der Waals surface area contributed by atoms with E-state index in [9.17, 15) is 45.0 Å². The first-order valence-corrected chi connectivity index (χ1v) is 11.8. The molecule has 3 heterocycles. The van der Waals surface area contributed by atoms with Crippen LogP contribution in [-0.4, -0.2) is 66.6 Å². The third-order valence-corrected chi connectivity index (χ3v) is 7.53. The number of alkyl halides is 8. The molecule has 36 heavy (non-hydrogen) atoms. The fourth-order valence-corrected chi connectivity index (χ4v) is 5.97. The molecule has 2 N–H and O–H groups in total. The Morgan fingerprint density at radius 2 is 1.61 bits per heavy atom. The molecular weight excluding hydrogens is 502 g/mol. The van der Waals surface area contributed by atoms with Gasteiger partial charge in [-0.2, -0.15) is 26.3 Å². The van der Waals surface area contributed by atoms with Gasteiger partial charge in [-0.15, -0.1) is 0 Å². The molecule has 1 aromatic carbocycles. The lowest BCUT2D eigenvalue weighted by molar-refractivity contribution is -0.293. The maximum atomic E-state index is 13.5. The van der Waals surface area contributed by atoms with Crippen LogP contribution < -0.4 is 10.2 Å². The van der Waals surface area contributed by atoms with E-state index in [1.807, 2.05) is 4.90 Å². The van der Waals surface area contributed by atoms with Crippen molar-refractivity contribution < 1.29 is 45.0 Å². The Bertz CT molecular complexity index is 934. The number of halogens is 8. The molecule has 5 nitrogen and oxygen atoms in total. The van der Waals surface area contributed by atoms with Gasteiger partial charge in [0.05, 0.1) is 0 Å². The molecular formula is C23H27F8N3O2. The average Bonchev–Trinajstić information content (AvgIpc) is 3.32. The van der Waals surface area contributed by atoms with Crippen LogP contribution >= 0.6 is 0 Å². The molecule has 13 heteroatoms. The van der Waals surface area contributed by atoms with Crippen LogP contribution in [0.25, 0.3) is 0 Å². The number of carboxylic acids is 1. The lowest BCUT2D eigenvalue weighted by Crippen LogP contribution is -2.53. The fraction of sp³-hybridized carbons (Fsp3) is 0.696. The third-order valence-electron chi connectivity index (χ3n) is 7.53. The smallest absolute Gasteiger partial charge is 0.402 e. The molecule has 0 bridgehead atoms. The highest BCUT2D eigenvalue weighted by molar-refractivity contribution is 5.74. The molecule has 1 aromatic rings. The van der Waals surface area contributed by atoms with E-state index < -0.39 is 54.6 Å². The molecule has 4 unspecified atom stereocenters. The highest BCUT2D eigenvalue weighted by Gasteiger charge is 2.66. The molecule has 4 rings (SSSR count). The monoisotopic (exact) mass is 529 g/mol. The quantitative estimate of drug-likeness (QED) is 0.518. The van der Waals surface area contributed by atoms with E-state index in [0.717, 1.165) is 19.3 Å². The molecule has 0 amide bonds. The van der Waals surface area contributed by atoms with Gasteiger partial charge in [-0.05, 0) is 36.8 Å². The van der Waals surface area contributed by atoms with Gasteiger partial charge in [-0.25, -0.2) is 8.78 Å². The Balaban J connectivity index is 1.60. The van der Waals surface area contributed by atoms with Gasteiger partial charge in [0.1, 0.15) is 6.04 Å². The van der Waals surface area contributed by atoms with E-state index >= 15 is 0 Å². The zero-order valence-corrected chi connectivity index (χ0v) is 19.1. The number of piperidine rings is 1. The number of nitrogens with one attached hydrogen (secondary N) is 1. The van der Waals surface area contributed by atoms with Crippen molar-refractivity contribution in [2.45, 2.75) is 56.7 Å². The number of fused-ring (bicyclic) bond motifs is 1. The number of carbonyl (C=O) groups is 1. The summed E-state index contributed by atoms with van der Waals surface area (Å²) in [5, 5.41) is 11.6. The number of nitrogens with zero attached hydrogens (tertiary/aromatic N) is 2. The van der Waals surface area contributed by atoms with Gasteiger partial charge in [0.25, 0.3) is 6.43 Å². The minimum atomic E-state index is -5.60. The van der Waals surface area contributed by atoms with E-state index in [1.54, 1.807) is 4.90 Å². The number of aliphatic carboxylic acids is 1. The van der Waals surface area contributed by atoms with Crippen molar-refractivity contribution in [3.8, 4) is 0 Å². The summed E-state index contributed by atoms with van der Waals surface area (Å²) >= 11 is 0. The van der Waals surface area contributed by atoms with Gasteiger partial charge in [0, 0.05) is 55.9 Å². The van der Waals surface area contributed by atoms with Crippen LogP contribution in [0, 0.1) is 17.8 Å². The molecule has 3 fully saturated rings. The summed E-state index contributed by atoms with van der Waals surface area (Å²) in [5.41, 5.74) is 1.02. The second-order valence-electron chi connectivity index (χ2n) is 9.83. The van der Waals surface area contributed by atoms with E-state index in [4.69, 9.17) is 0 Å². The number of rotatable bonds is 6. The summed E-state index contributed by atoms with van der Waals surface area (Å²) in [6.07, 6.45) is -11.2. The molecule has 0 aromatic heterocycles. The molecule has 0 spiro atoms. The summed E-state index contributed by atoms with van der Waals surface area (Å²) in [6.45, 7) is 1.20. The summed E-state index contributed by atoms with van der Waals surface area (Å²) in [7, 11) is 0. The number of likely N-dealkylation sites (tertiary alicyclic amines) is 1. The van der Waals surface area contributed by atoms with Gasteiger partial charge >= 0.3 is 18.3 Å². The Morgan fingerprint density at radius 1 is 1.00 bits per heavy atom. The summed E-state index contributed by atoms with van der Waals surface area (Å²) in [5.74, 6) is -7.36. The van der Waals surface area contributed by atoms with Crippen molar-refractivity contribution in [3.63, 3.8) is 0 Å². The van der Waals surface area contributed by atoms with Gasteiger partial charge in [0.15, 0.2) is 5.92 Å². The first-order chi connectivity index (χ1) is 16.8. The predicted molar refractivity (Wildman–Crippen MR) is 114 cm³/mol. The van der Waals surface area contributed by atoms with E-state index in [0.29, 0.717) is 24.3 Å². The van der Waals surface area contributed by atoms with Gasteiger partial charge < -0.3 is 15.3 Å². The zero-order valence-electron chi connectivity index (χ0n) is 19.1. The maximum Gasteiger partial charge on any atom is 0.402 e. The van der Waals surface area contributed by atoms with Gasteiger partial charge in [-0.3, -0.25) is 9.69 Å². The van der Waals surface area contributed by atoms with Crippen LogP contribution in [0.15, 0.2) is 18.2 Å². The third kappa shape index (κ3) is 5.41. The first-order valence-electron chi connectivity index (χ1n) is 11.8. The molecule has 3 aliphatic heterocycles. The van der Waals surface area contributed by atoms with Crippen molar-refractivity contribution in [1.82, 2.24) is 10.2 Å². The van der Waals surface area contributed by atoms with Crippen LogP contribution in [0.5, 0.6) is 0 Å². The molecule has 0 aliphatic carbocycles. The molecule has 0 radical (unpaired) electrons. The summed E-state index contributed by atoms with van der Waals surface area (Å²) in [4.78, 5) is 15.3. The molecule has 3 aliphatic rings. The molecule has 0 saturated carbocycles. The van der Waals surface area contributed by atoms with Crippen molar-refractivity contribution in [2.24, 2.45) is 17.8 Å². The second-order valence-corrected chi connectivity index (χ2v) is 9.83. The fourth-order valence-electron chi connectivity index (χ4n) is 5.97. The van der Waals surface area contributed by atoms with Gasteiger partial charge in [-0.1, -0.05) is 12.1 Å². The Morgan fingerprint density at radius 3 is 2.17 bits per heavy atom. The van der Waals surface area contributed by atoms with Crippen LogP contribution in [-0.2, 0) is 11.3 Å². The van der Waals surface area contributed by atoms with Crippen molar-refractivity contribution >= 4 is 11.7 Å². The lowest BCUT2D eigenvalue weighted by atomic mass is 9.84. The molecule has 202 valence electrons. The van der Waals surface area contributed by atoms with Crippen LogP contribution in [0.2, 0.25) is 0 Å². The van der Waals surface area contributed by atoms with Crippen LogP contribution in [0.4, 0.5) is 40.8 Å². The minimum Gasteiger partial charge on any atom is -0.480 e. The average molecular weight is 529 g/mol. The number of carboxylic acid groups (broad SMARTS) is 1. The van der Waals surface area contributed by atoms with Crippen molar-refractivity contribution in [1.29, 1.82) is 0 Å². The Kier molecular flexibility index (Phi) is 7.44. The van der Waals surface area contributed by atoms with E-state index in [-0.39, 0.29) is 25.2 Å². The molecule has 4 atom stereocenters. The Hall–Kier alpha value is -2.15. The normalized spacial score (nSPS) is 27.8. The van der Waals surface area contributed by atoms with Gasteiger partial charge in [0.2, 0.25) is 0 Å². The number of hydrogen-bond acceptors (Lipinski definition) is 4. The summed E-state index contributed by atoms with van der Waals surface area (Å²) < 4.78 is 108. The lowest BCUT2D eigenvalue weighted by Gasteiger charge is -2.33. The SMILES string of the molecule is O=C(O)C1NC(C(C(F)(F)F)C(F)(F)F)C2CN(Cc3ccc(C(F)F)cc3N3CCCCC3)CC12. The zero-order chi connectivity index (χ0) is 26.4. The number of anilines is 1. The number of hydrogen-bond donors (Lipinski definition) is 2. The van der Waals surface area contributed by atoms with E-state index in [2.05, 4.69) is 5.32 Å². The standard InChI is InChI=1S/C23H27F8N3O2/c24-20(25)12-4-5-13(16(8-12)34-6-2-1-3-7-34)9-33-10-14-15(11-33)18(21(35)36)32-17(14)19(22(26,27)28)23(29,30)31/h4-5,8,14-15,17-20,32H,1-3,6-7,9-11H2,(H,35,36). The second kappa shape index (κ2) is 9.96. The topological polar surface area (TPSA) is 55.8 Å². The minimum absolute atomic E-state index is 0.0242. The highest BCUT2D eigenvalue weighted by atomic mass is 19.4. The largest absolute Gasteiger partial charge is 0.480 e. The predicted octanol–water partition coefficient (Wildman–Crippen LogP) is 4.83. The number of benzene rings is 1.